The van der Waals surface area contributed by atoms with Gasteiger partial charge in [0.25, 0.3) is 5.91 Å². The maximum absolute atomic E-state index is 13.0. The Bertz CT molecular complexity index is 1100. The molecule has 1 aliphatic carbocycles. The Hall–Kier alpha value is -3.13. The Morgan fingerprint density at radius 2 is 1.72 bits per heavy atom. The van der Waals surface area contributed by atoms with Gasteiger partial charge in [0.1, 0.15) is 0 Å². The topological polar surface area (TPSA) is 80.1 Å². The second-order valence-electron chi connectivity index (χ2n) is 8.17. The fraction of sp³-hybridized carbons (Fsp3) is 0.333. The van der Waals surface area contributed by atoms with E-state index < -0.39 is 0 Å². The molecule has 1 N–H and O–H groups in total. The molecule has 0 atom stereocenters. The van der Waals surface area contributed by atoms with E-state index in [1.165, 1.54) is 0 Å². The van der Waals surface area contributed by atoms with Crippen molar-refractivity contribution in [2.45, 2.75) is 25.2 Å². The minimum atomic E-state index is -0.260. The average Bonchev–Trinajstić information content (AvgIpc) is 3.58. The van der Waals surface area contributed by atoms with Gasteiger partial charge in [0.15, 0.2) is 5.69 Å². The molecule has 0 unspecified atom stereocenters. The van der Waals surface area contributed by atoms with Crippen molar-refractivity contribution in [2.24, 2.45) is 0 Å². The second kappa shape index (κ2) is 9.16. The first-order valence-corrected chi connectivity index (χ1v) is 12.1. The molecule has 164 valence electrons. The Morgan fingerprint density at radius 1 is 1.00 bits per heavy atom. The van der Waals surface area contributed by atoms with Gasteiger partial charge in [0.2, 0.25) is 5.91 Å². The maximum Gasteiger partial charge on any atom is 0.278 e. The molecule has 1 saturated carbocycles. The fourth-order valence-electron chi connectivity index (χ4n) is 3.93. The van der Waals surface area contributed by atoms with E-state index in [0.717, 1.165) is 54.4 Å². The molecule has 2 aliphatic rings. The highest BCUT2D eigenvalue weighted by molar-refractivity contribution is 7.99. The van der Waals surface area contributed by atoms with Gasteiger partial charge < -0.3 is 10.2 Å². The molecule has 32 heavy (non-hydrogen) atoms. The van der Waals surface area contributed by atoms with E-state index in [0.29, 0.717) is 23.7 Å². The predicted octanol–water partition coefficient (Wildman–Crippen LogP) is 3.51. The monoisotopic (exact) mass is 447 g/mol. The number of aromatic nitrogens is 3. The molecule has 3 aromatic rings. The molecule has 1 aromatic heterocycles. The van der Waals surface area contributed by atoms with Crippen molar-refractivity contribution in [2.75, 3.05) is 29.9 Å². The molecular weight excluding hydrogens is 422 g/mol. The number of anilines is 1. The lowest BCUT2D eigenvalue weighted by Crippen LogP contribution is -2.38. The number of amides is 2. The summed E-state index contributed by atoms with van der Waals surface area (Å²) in [5.74, 6) is 2.23. The van der Waals surface area contributed by atoms with Gasteiger partial charge in [-0.3, -0.25) is 9.59 Å². The normalized spacial score (nSPS) is 16.1. The molecule has 8 heteroatoms. The zero-order valence-electron chi connectivity index (χ0n) is 17.7. The summed E-state index contributed by atoms with van der Waals surface area (Å²) in [6, 6.07) is 17.2. The van der Waals surface area contributed by atoms with Crippen molar-refractivity contribution in [1.29, 1.82) is 0 Å². The van der Waals surface area contributed by atoms with E-state index in [-0.39, 0.29) is 11.8 Å². The third-order valence-electron chi connectivity index (χ3n) is 5.82. The number of para-hydroxylation sites is 1. The molecule has 1 aliphatic heterocycles. The number of hydrogen-bond donors (Lipinski definition) is 1. The smallest absolute Gasteiger partial charge is 0.278 e. The first-order valence-electron chi connectivity index (χ1n) is 11.0. The van der Waals surface area contributed by atoms with Gasteiger partial charge in [-0.05, 0) is 42.7 Å². The zero-order valence-corrected chi connectivity index (χ0v) is 18.6. The lowest BCUT2D eigenvalue weighted by Gasteiger charge is -2.26. The van der Waals surface area contributed by atoms with E-state index in [2.05, 4.69) is 15.6 Å². The number of carbonyl (C=O) groups is 2. The summed E-state index contributed by atoms with van der Waals surface area (Å²) in [4.78, 5) is 27.4. The van der Waals surface area contributed by atoms with Crippen molar-refractivity contribution in [3.05, 3.63) is 71.5 Å². The predicted molar refractivity (Wildman–Crippen MR) is 125 cm³/mol. The number of hydrogen-bond acceptors (Lipinski definition) is 5. The molecule has 2 fully saturated rings. The van der Waals surface area contributed by atoms with Crippen molar-refractivity contribution in [1.82, 2.24) is 19.9 Å². The third-order valence-corrected chi connectivity index (χ3v) is 6.76. The Labute approximate surface area is 191 Å². The van der Waals surface area contributed by atoms with Crippen molar-refractivity contribution < 1.29 is 9.59 Å². The van der Waals surface area contributed by atoms with E-state index in [1.54, 1.807) is 4.68 Å². The summed E-state index contributed by atoms with van der Waals surface area (Å²) < 4.78 is 1.78. The van der Waals surface area contributed by atoms with Crippen LogP contribution in [0.15, 0.2) is 54.6 Å². The molecule has 5 rings (SSSR count). The molecular formula is C24H25N5O2S. The number of rotatable bonds is 6. The van der Waals surface area contributed by atoms with E-state index >= 15 is 0 Å². The van der Waals surface area contributed by atoms with Crippen LogP contribution >= 0.6 is 11.8 Å². The number of nitrogens with one attached hydrogen (secondary N) is 1. The average molecular weight is 448 g/mol. The Morgan fingerprint density at radius 3 is 2.41 bits per heavy atom. The van der Waals surface area contributed by atoms with Crippen molar-refractivity contribution >= 4 is 29.3 Å². The minimum Gasteiger partial charge on any atom is -0.341 e. The highest BCUT2D eigenvalue weighted by Gasteiger charge is 2.34. The number of thioether (sulfide) groups is 1. The third kappa shape index (κ3) is 4.55. The van der Waals surface area contributed by atoms with Gasteiger partial charge in [-0.1, -0.05) is 35.5 Å². The standard InChI is InChI=1S/C24H25N5O2S/c30-21(28-12-14-32-15-13-28)16-17-6-10-19(11-7-17)25-24(31)22-23(18-8-9-18)29(27-26-22)20-4-2-1-3-5-20/h1-7,10-11,18H,8-9,12-16H2,(H,25,31). The van der Waals surface area contributed by atoms with Crippen LogP contribution in [0.4, 0.5) is 5.69 Å². The largest absolute Gasteiger partial charge is 0.341 e. The van der Waals surface area contributed by atoms with E-state index in [4.69, 9.17) is 0 Å². The fourth-order valence-corrected chi connectivity index (χ4v) is 4.83. The van der Waals surface area contributed by atoms with Crippen LogP contribution in [0, 0.1) is 0 Å². The lowest BCUT2D eigenvalue weighted by molar-refractivity contribution is -0.130. The van der Waals surface area contributed by atoms with Crippen LogP contribution in [0.25, 0.3) is 5.69 Å². The summed E-state index contributed by atoms with van der Waals surface area (Å²) >= 11 is 1.89. The molecule has 1 saturated heterocycles. The molecule has 2 heterocycles. The maximum atomic E-state index is 13.0. The molecule has 0 radical (unpaired) electrons. The highest BCUT2D eigenvalue weighted by Crippen LogP contribution is 2.42. The summed E-state index contributed by atoms with van der Waals surface area (Å²) in [6.45, 7) is 1.65. The van der Waals surface area contributed by atoms with Gasteiger partial charge in [0, 0.05) is 36.2 Å². The van der Waals surface area contributed by atoms with E-state index in [1.807, 2.05) is 71.3 Å². The van der Waals surface area contributed by atoms with Crippen LogP contribution in [0.5, 0.6) is 0 Å². The van der Waals surface area contributed by atoms with Gasteiger partial charge in [-0.2, -0.15) is 11.8 Å². The van der Waals surface area contributed by atoms with Gasteiger partial charge in [0.05, 0.1) is 17.8 Å². The zero-order chi connectivity index (χ0) is 21.9. The number of carbonyl (C=O) groups excluding carboxylic acids is 2. The van der Waals surface area contributed by atoms with Crippen LogP contribution < -0.4 is 5.32 Å². The van der Waals surface area contributed by atoms with Crippen molar-refractivity contribution in [3.8, 4) is 5.69 Å². The summed E-state index contributed by atoms with van der Waals surface area (Å²) in [5.41, 5.74) is 3.77. The van der Waals surface area contributed by atoms with Crippen molar-refractivity contribution in [3.63, 3.8) is 0 Å². The summed E-state index contributed by atoms with van der Waals surface area (Å²) in [6.07, 6.45) is 2.47. The first kappa shape index (κ1) is 20.8. The molecule has 0 bridgehead atoms. The SMILES string of the molecule is O=C(Nc1ccc(CC(=O)N2CCSCC2)cc1)c1nnn(-c2ccccc2)c1C1CC1. The van der Waals surface area contributed by atoms with Gasteiger partial charge in [-0.25, -0.2) is 4.68 Å². The van der Waals surface area contributed by atoms with Crippen LogP contribution in [-0.4, -0.2) is 56.3 Å². The molecule has 2 amide bonds. The minimum absolute atomic E-state index is 0.161. The second-order valence-corrected chi connectivity index (χ2v) is 9.39. The van der Waals surface area contributed by atoms with Gasteiger partial charge >= 0.3 is 0 Å². The molecule has 2 aromatic carbocycles. The van der Waals surface area contributed by atoms with Gasteiger partial charge in [-0.15, -0.1) is 5.10 Å². The Balaban J connectivity index is 1.27. The molecule has 7 nitrogen and oxygen atoms in total. The van der Waals surface area contributed by atoms with Crippen LogP contribution in [0.2, 0.25) is 0 Å². The lowest BCUT2D eigenvalue weighted by atomic mass is 10.1. The van der Waals surface area contributed by atoms with Crippen LogP contribution in [-0.2, 0) is 11.2 Å². The van der Waals surface area contributed by atoms with E-state index in [9.17, 15) is 9.59 Å². The summed E-state index contributed by atoms with van der Waals surface area (Å²) in [5, 5.41) is 11.4. The molecule has 0 spiro atoms. The highest BCUT2D eigenvalue weighted by atomic mass is 32.2. The number of benzene rings is 2. The number of nitrogens with zero attached hydrogens (tertiary/aromatic N) is 4. The first-order chi connectivity index (χ1) is 15.7. The van der Waals surface area contributed by atoms with Crippen LogP contribution in [0.3, 0.4) is 0 Å². The summed E-state index contributed by atoms with van der Waals surface area (Å²) in [7, 11) is 0. The Kier molecular flexibility index (Phi) is 5.94. The van der Waals surface area contributed by atoms with Crippen LogP contribution in [0.1, 0.15) is 40.5 Å². The quantitative estimate of drug-likeness (QED) is 0.626.